The summed E-state index contributed by atoms with van der Waals surface area (Å²) in [6, 6.07) is 0. The van der Waals surface area contributed by atoms with Crippen molar-refractivity contribution in [2.75, 3.05) is 12.3 Å². The Labute approximate surface area is 85.1 Å². The second-order valence-electron chi connectivity index (χ2n) is 3.84. The zero-order valence-corrected chi connectivity index (χ0v) is 9.65. The minimum absolute atomic E-state index is 0.0423. The molecular weight excluding hydrogens is 204 g/mol. The van der Waals surface area contributed by atoms with Gasteiger partial charge in [0.05, 0.1) is 11.2 Å². The van der Waals surface area contributed by atoms with E-state index < -0.39 is 21.3 Å². The van der Waals surface area contributed by atoms with E-state index in [2.05, 4.69) is 0 Å². The lowest BCUT2D eigenvalue weighted by atomic mass is 9.93. The fourth-order valence-electron chi connectivity index (χ4n) is 0.692. The van der Waals surface area contributed by atoms with E-state index in [1.54, 1.807) is 20.8 Å². The van der Waals surface area contributed by atoms with Gasteiger partial charge in [0.15, 0.2) is 0 Å². The summed E-state index contributed by atoms with van der Waals surface area (Å²) in [5.41, 5.74) is 4.50. The summed E-state index contributed by atoms with van der Waals surface area (Å²) in [6.07, 6.45) is 0.478. The van der Waals surface area contributed by atoms with Crippen LogP contribution in [0.15, 0.2) is 0 Å². The molecule has 84 valence electrons. The summed E-state index contributed by atoms with van der Waals surface area (Å²) in [4.78, 5) is 11.4. The number of carbonyl (C=O) groups excluding carboxylic acids is 1. The molecule has 1 amide bonds. The van der Waals surface area contributed by atoms with Crippen LogP contribution in [0.1, 0.15) is 27.2 Å². The molecule has 0 spiro atoms. The Morgan fingerprint density at radius 2 is 1.93 bits per heavy atom. The van der Waals surface area contributed by atoms with Crippen LogP contribution in [0, 0.1) is 5.41 Å². The first kappa shape index (κ1) is 13.4. The molecule has 0 aromatic heterocycles. The SMILES string of the molecule is CCCS(=O)(=O)NC(=O)C(C)(C)CN. The number of rotatable bonds is 5. The molecule has 0 atom stereocenters. The molecule has 0 saturated heterocycles. The van der Waals surface area contributed by atoms with Crippen LogP contribution < -0.4 is 10.5 Å². The maximum absolute atomic E-state index is 11.4. The predicted molar refractivity (Wildman–Crippen MR) is 55.1 cm³/mol. The van der Waals surface area contributed by atoms with Gasteiger partial charge in [-0.15, -0.1) is 0 Å². The Hall–Kier alpha value is -0.620. The van der Waals surface area contributed by atoms with E-state index in [0.29, 0.717) is 6.42 Å². The van der Waals surface area contributed by atoms with Crippen molar-refractivity contribution in [2.45, 2.75) is 27.2 Å². The van der Waals surface area contributed by atoms with E-state index in [1.807, 2.05) is 4.72 Å². The molecular formula is C8H18N2O3S. The zero-order valence-electron chi connectivity index (χ0n) is 8.83. The second-order valence-corrected chi connectivity index (χ2v) is 5.68. The van der Waals surface area contributed by atoms with Crippen molar-refractivity contribution >= 4 is 15.9 Å². The highest BCUT2D eigenvalue weighted by Crippen LogP contribution is 2.12. The van der Waals surface area contributed by atoms with Crippen LogP contribution in [-0.2, 0) is 14.8 Å². The Kier molecular flexibility index (Phi) is 4.54. The van der Waals surface area contributed by atoms with E-state index >= 15 is 0 Å². The highest BCUT2D eigenvalue weighted by molar-refractivity contribution is 7.90. The molecule has 0 aliphatic heterocycles. The van der Waals surface area contributed by atoms with Crippen LogP contribution >= 0.6 is 0 Å². The van der Waals surface area contributed by atoms with Gasteiger partial charge in [0, 0.05) is 6.54 Å². The van der Waals surface area contributed by atoms with Gasteiger partial charge in [0.25, 0.3) is 0 Å². The Morgan fingerprint density at radius 3 is 2.29 bits per heavy atom. The van der Waals surface area contributed by atoms with Crippen molar-refractivity contribution < 1.29 is 13.2 Å². The normalized spacial score (nSPS) is 12.6. The van der Waals surface area contributed by atoms with Gasteiger partial charge in [-0.05, 0) is 20.3 Å². The van der Waals surface area contributed by atoms with Gasteiger partial charge >= 0.3 is 0 Å². The molecule has 5 nitrogen and oxygen atoms in total. The third-order valence-electron chi connectivity index (χ3n) is 1.85. The lowest BCUT2D eigenvalue weighted by Gasteiger charge is -2.20. The topological polar surface area (TPSA) is 89.3 Å². The molecule has 0 fully saturated rings. The molecule has 0 saturated carbocycles. The molecule has 0 aliphatic carbocycles. The van der Waals surface area contributed by atoms with E-state index in [4.69, 9.17) is 5.73 Å². The number of nitrogens with one attached hydrogen (secondary N) is 1. The first-order valence-corrected chi connectivity index (χ1v) is 6.15. The number of hydrogen-bond acceptors (Lipinski definition) is 4. The molecule has 0 aliphatic rings. The Bertz CT molecular complexity index is 296. The summed E-state index contributed by atoms with van der Waals surface area (Å²) in [6.45, 7) is 5.05. The zero-order chi connectivity index (χ0) is 11.4. The van der Waals surface area contributed by atoms with E-state index in [0.717, 1.165) is 0 Å². The average molecular weight is 222 g/mol. The molecule has 0 heterocycles. The highest BCUT2D eigenvalue weighted by atomic mass is 32.2. The smallest absolute Gasteiger partial charge is 0.240 e. The van der Waals surface area contributed by atoms with Gasteiger partial charge in [-0.1, -0.05) is 6.92 Å². The third-order valence-corrected chi connectivity index (χ3v) is 3.29. The minimum atomic E-state index is -3.48. The number of hydrogen-bond donors (Lipinski definition) is 2. The summed E-state index contributed by atoms with van der Waals surface area (Å²) in [5.74, 6) is -0.590. The molecule has 6 heteroatoms. The van der Waals surface area contributed by atoms with Crippen LogP contribution in [0.3, 0.4) is 0 Å². The lowest BCUT2D eigenvalue weighted by Crippen LogP contribution is -2.44. The monoisotopic (exact) mass is 222 g/mol. The molecule has 14 heavy (non-hydrogen) atoms. The number of carbonyl (C=O) groups is 1. The van der Waals surface area contributed by atoms with Gasteiger partial charge in [0.1, 0.15) is 0 Å². The van der Waals surface area contributed by atoms with Crippen molar-refractivity contribution in [2.24, 2.45) is 11.1 Å². The average Bonchev–Trinajstić information content (AvgIpc) is 2.03. The maximum atomic E-state index is 11.4. The summed E-state index contributed by atoms with van der Waals surface area (Å²) in [7, 11) is -3.48. The van der Waals surface area contributed by atoms with Gasteiger partial charge in [-0.3, -0.25) is 9.52 Å². The van der Waals surface area contributed by atoms with Gasteiger partial charge < -0.3 is 5.73 Å². The van der Waals surface area contributed by atoms with Crippen molar-refractivity contribution in [3.63, 3.8) is 0 Å². The molecule has 0 rings (SSSR count). The summed E-state index contributed by atoms with van der Waals surface area (Å²) < 4.78 is 24.5. The van der Waals surface area contributed by atoms with Crippen molar-refractivity contribution in [3.8, 4) is 0 Å². The van der Waals surface area contributed by atoms with Crippen molar-refractivity contribution in [1.82, 2.24) is 4.72 Å². The lowest BCUT2D eigenvalue weighted by molar-refractivity contribution is -0.126. The fraction of sp³-hybridized carbons (Fsp3) is 0.875. The van der Waals surface area contributed by atoms with Gasteiger partial charge in [-0.25, -0.2) is 8.42 Å². The highest BCUT2D eigenvalue weighted by Gasteiger charge is 2.28. The predicted octanol–water partition coefficient (Wildman–Crippen LogP) is -0.173. The van der Waals surface area contributed by atoms with Gasteiger partial charge in [0.2, 0.25) is 15.9 Å². The van der Waals surface area contributed by atoms with E-state index in [1.165, 1.54) is 0 Å². The molecule has 0 bridgehead atoms. The molecule has 0 aromatic carbocycles. The quantitative estimate of drug-likeness (QED) is 0.675. The van der Waals surface area contributed by atoms with Crippen LogP contribution in [0.4, 0.5) is 0 Å². The fourth-order valence-corrected chi connectivity index (χ4v) is 1.89. The molecule has 0 unspecified atom stereocenters. The number of sulfonamides is 1. The minimum Gasteiger partial charge on any atom is -0.329 e. The van der Waals surface area contributed by atoms with E-state index in [9.17, 15) is 13.2 Å². The number of amides is 1. The first-order chi connectivity index (χ1) is 6.25. The number of nitrogens with two attached hydrogens (primary N) is 1. The summed E-state index contributed by atoms with van der Waals surface area (Å²) in [5, 5.41) is 0. The largest absolute Gasteiger partial charge is 0.329 e. The summed E-state index contributed by atoms with van der Waals surface area (Å²) >= 11 is 0. The molecule has 3 N–H and O–H groups in total. The van der Waals surface area contributed by atoms with Crippen molar-refractivity contribution in [1.29, 1.82) is 0 Å². The van der Waals surface area contributed by atoms with Crippen LogP contribution in [0.25, 0.3) is 0 Å². The third kappa shape index (κ3) is 4.06. The Morgan fingerprint density at radius 1 is 1.43 bits per heavy atom. The second kappa shape index (κ2) is 4.75. The standard InChI is InChI=1S/C8H18N2O3S/c1-4-5-14(12,13)10-7(11)8(2,3)6-9/h4-6,9H2,1-3H3,(H,10,11). The van der Waals surface area contributed by atoms with Crippen LogP contribution in [0.2, 0.25) is 0 Å². The molecule has 0 radical (unpaired) electrons. The molecule has 0 aromatic rings. The van der Waals surface area contributed by atoms with E-state index in [-0.39, 0.29) is 12.3 Å². The Balaban J connectivity index is 4.48. The van der Waals surface area contributed by atoms with Crippen LogP contribution in [0.5, 0.6) is 0 Å². The van der Waals surface area contributed by atoms with Gasteiger partial charge in [-0.2, -0.15) is 0 Å². The van der Waals surface area contributed by atoms with Crippen molar-refractivity contribution in [3.05, 3.63) is 0 Å². The first-order valence-electron chi connectivity index (χ1n) is 4.50. The van der Waals surface area contributed by atoms with Crippen LogP contribution in [-0.4, -0.2) is 26.6 Å². The maximum Gasteiger partial charge on any atom is 0.240 e.